The summed E-state index contributed by atoms with van der Waals surface area (Å²) in [5, 5.41) is 2.89. The van der Waals surface area contributed by atoms with E-state index >= 15 is 0 Å². The second-order valence-electron chi connectivity index (χ2n) is 7.52. The van der Waals surface area contributed by atoms with Gasteiger partial charge < -0.3 is 5.32 Å². The second-order valence-corrected chi connectivity index (χ2v) is 9.38. The minimum absolute atomic E-state index is 0.0239. The quantitative estimate of drug-likeness (QED) is 0.574. The molecular formula is C24H27N3O3S. The van der Waals surface area contributed by atoms with Crippen LogP contribution in [-0.2, 0) is 14.8 Å². The molecule has 3 rings (SSSR count). The Bertz CT molecular complexity index is 1110. The Morgan fingerprint density at radius 1 is 0.968 bits per heavy atom. The Kier molecular flexibility index (Phi) is 7.07. The van der Waals surface area contributed by atoms with Crippen molar-refractivity contribution < 1.29 is 13.2 Å². The summed E-state index contributed by atoms with van der Waals surface area (Å²) in [7, 11) is -3.82. The van der Waals surface area contributed by atoms with E-state index in [9.17, 15) is 13.2 Å². The molecule has 1 amide bonds. The zero-order valence-electron chi connectivity index (χ0n) is 17.9. The molecule has 7 heteroatoms. The van der Waals surface area contributed by atoms with Crippen LogP contribution in [-0.4, -0.2) is 25.9 Å². The van der Waals surface area contributed by atoms with Crippen molar-refractivity contribution in [1.29, 1.82) is 0 Å². The lowest BCUT2D eigenvalue weighted by molar-refractivity contribution is -0.121. The predicted molar refractivity (Wildman–Crippen MR) is 122 cm³/mol. The fourth-order valence-electron chi connectivity index (χ4n) is 3.16. The number of anilines is 1. The lowest BCUT2D eigenvalue weighted by Crippen LogP contribution is -2.36. The van der Waals surface area contributed by atoms with Gasteiger partial charge in [-0.15, -0.1) is 0 Å². The number of rotatable bonds is 8. The Labute approximate surface area is 184 Å². The highest BCUT2D eigenvalue weighted by molar-refractivity contribution is 7.92. The first-order valence-corrected chi connectivity index (χ1v) is 11.6. The molecule has 0 aliphatic carbocycles. The van der Waals surface area contributed by atoms with Gasteiger partial charge in [-0.3, -0.25) is 14.1 Å². The summed E-state index contributed by atoms with van der Waals surface area (Å²) in [5.41, 5.74) is 3.28. The molecule has 0 spiro atoms. The molecule has 0 radical (unpaired) electrons. The third kappa shape index (κ3) is 5.70. The molecule has 1 atom stereocenters. The van der Waals surface area contributed by atoms with Crippen LogP contribution in [0.15, 0.2) is 77.8 Å². The van der Waals surface area contributed by atoms with E-state index in [0.29, 0.717) is 5.69 Å². The number of benzene rings is 2. The molecule has 1 heterocycles. The van der Waals surface area contributed by atoms with E-state index in [-0.39, 0.29) is 29.8 Å². The molecule has 6 nitrogen and oxygen atoms in total. The standard InChI is InChI=1S/C24H27N3O3S/c1-18-7-11-21(12-8-18)27(31(29,30)22-13-9-19(2)10-14-22)17-15-24(28)26-20(3)23-6-4-5-16-25-23/h4-14,16,20H,15,17H2,1-3H3,(H,26,28). The molecule has 1 unspecified atom stereocenters. The van der Waals surface area contributed by atoms with E-state index in [0.717, 1.165) is 16.8 Å². The highest BCUT2D eigenvalue weighted by Crippen LogP contribution is 2.25. The number of pyridine rings is 1. The van der Waals surface area contributed by atoms with Gasteiger partial charge in [0.25, 0.3) is 10.0 Å². The van der Waals surface area contributed by atoms with Crippen LogP contribution in [0.25, 0.3) is 0 Å². The van der Waals surface area contributed by atoms with Crippen molar-refractivity contribution in [2.75, 3.05) is 10.8 Å². The van der Waals surface area contributed by atoms with Gasteiger partial charge in [0.2, 0.25) is 5.91 Å². The van der Waals surface area contributed by atoms with Crippen molar-refractivity contribution in [3.63, 3.8) is 0 Å². The van der Waals surface area contributed by atoms with Crippen molar-refractivity contribution in [2.45, 2.75) is 38.1 Å². The number of aromatic nitrogens is 1. The summed E-state index contributed by atoms with van der Waals surface area (Å²) in [4.78, 5) is 17.0. The van der Waals surface area contributed by atoms with Crippen molar-refractivity contribution in [3.05, 3.63) is 89.7 Å². The molecule has 0 bridgehead atoms. The fourth-order valence-corrected chi connectivity index (χ4v) is 4.62. The highest BCUT2D eigenvalue weighted by Gasteiger charge is 2.25. The number of hydrogen-bond donors (Lipinski definition) is 1. The van der Waals surface area contributed by atoms with E-state index in [4.69, 9.17) is 0 Å². The molecule has 1 N–H and O–H groups in total. The number of nitrogens with zero attached hydrogens (tertiary/aromatic N) is 2. The summed E-state index contributed by atoms with van der Waals surface area (Å²) >= 11 is 0. The molecule has 0 aliphatic rings. The lowest BCUT2D eigenvalue weighted by atomic mass is 10.2. The largest absolute Gasteiger partial charge is 0.348 e. The van der Waals surface area contributed by atoms with E-state index in [1.807, 2.05) is 51.1 Å². The Balaban J connectivity index is 1.79. The summed E-state index contributed by atoms with van der Waals surface area (Å²) in [6, 6.07) is 19.2. The van der Waals surface area contributed by atoms with Gasteiger partial charge in [-0.1, -0.05) is 41.5 Å². The van der Waals surface area contributed by atoms with Crippen molar-refractivity contribution in [2.24, 2.45) is 0 Å². The summed E-state index contributed by atoms with van der Waals surface area (Å²) < 4.78 is 28.0. The highest BCUT2D eigenvalue weighted by atomic mass is 32.2. The molecule has 2 aromatic carbocycles. The summed E-state index contributed by atoms with van der Waals surface area (Å²) in [5.74, 6) is -0.241. The van der Waals surface area contributed by atoms with Crippen LogP contribution in [0, 0.1) is 13.8 Å². The first kappa shape index (κ1) is 22.5. The molecule has 3 aromatic rings. The third-order valence-corrected chi connectivity index (χ3v) is 6.82. The first-order chi connectivity index (χ1) is 14.8. The van der Waals surface area contributed by atoms with Gasteiger partial charge in [-0.2, -0.15) is 0 Å². The molecule has 162 valence electrons. The van der Waals surface area contributed by atoms with E-state index in [2.05, 4.69) is 10.3 Å². The van der Waals surface area contributed by atoms with Gasteiger partial charge in [0.1, 0.15) is 0 Å². The van der Waals surface area contributed by atoms with Crippen LogP contribution in [0.3, 0.4) is 0 Å². The Morgan fingerprint density at radius 2 is 1.58 bits per heavy atom. The van der Waals surface area contributed by atoms with E-state index in [1.165, 1.54) is 4.31 Å². The number of carbonyl (C=O) groups excluding carboxylic acids is 1. The Morgan fingerprint density at radius 3 is 2.16 bits per heavy atom. The van der Waals surface area contributed by atoms with Crippen LogP contribution >= 0.6 is 0 Å². The smallest absolute Gasteiger partial charge is 0.264 e. The van der Waals surface area contributed by atoms with Gasteiger partial charge in [-0.05, 0) is 57.2 Å². The monoisotopic (exact) mass is 437 g/mol. The van der Waals surface area contributed by atoms with Crippen molar-refractivity contribution in [1.82, 2.24) is 10.3 Å². The molecular weight excluding hydrogens is 410 g/mol. The molecule has 0 aliphatic heterocycles. The van der Waals surface area contributed by atoms with Gasteiger partial charge in [-0.25, -0.2) is 8.42 Å². The van der Waals surface area contributed by atoms with Gasteiger partial charge in [0.15, 0.2) is 0 Å². The molecule has 0 saturated heterocycles. The number of amides is 1. The number of hydrogen-bond acceptors (Lipinski definition) is 4. The van der Waals surface area contributed by atoms with Gasteiger partial charge in [0, 0.05) is 19.2 Å². The summed E-state index contributed by atoms with van der Waals surface area (Å²) in [6.45, 7) is 5.72. The number of aryl methyl sites for hydroxylation is 2. The second kappa shape index (κ2) is 9.75. The summed E-state index contributed by atoms with van der Waals surface area (Å²) in [6.07, 6.45) is 1.70. The Hall–Kier alpha value is -3.19. The maximum absolute atomic E-state index is 13.4. The van der Waals surface area contributed by atoms with Gasteiger partial charge >= 0.3 is 0 Å². The average molecular weight is 438 g/mol. The van der Waals surface area contributed by atoms with Crippen LogP contribution < -0.4 is 9.62 Å². The minimum Gasteiger partial charge on any atom is -0.348 e. The molecule has 31 heavy (non-hydrogen) atoms. The number of sulfonamides is 1. The maximum Gasteiger partial charge on any atom is 0.264 e. The minimum atomic E-state index is -3.82. The van der Waals surface area contributed by atoms with E-state index in [1.54, 1.807) is 42.6 Å². The maximum atomic E-state index is 13.4. The molecule has 0 fully saturated rings. The SMILES string of the molecule is Cc1ccc(N(CCC(=O)NC(C)c2ccccn2)S(=O)(=O)c2ccc(C)cc2)cc1. The topological polar surface area (TPSA) is 79.4 Å². The third-order valence-electron chi connectivity index (χ3n) is 4.98. The van der Waals surface area contributed by atoms with Crippen molar-refractivity contribution >= 4 is 21.6 Å². The van der Waals surface area contributed by atoms with Crippen molar-refractivity contribution in [3.8, 4) is 0 Å². The fraction of sp³-hybridized carbons (Fsp3) is 0.250. The molecule has 1 aromatic heterocycles. The lowest BCUT2D eigenvalue weighted by Gasteiger charge is -2.25. The van der Waals surface area contributed by atoms with E-state index < -0.39 is 10.0 Å². The zero-order valence-corrected chi connectivity index (χ0v) is 18.8. The normalized spacial score (nSPS) is 12.2. The predicted octanol–water partition coefficient (Wildman–Crippen LogP) is 4.16. The average Bonchev–Trinajstić information content (AvgIpc) is 2.76. The zero-order chi connectivity index (χ0) is 22.4. The van der Waals surface area contributed by atoms with Crippen LogP contribution in [0.2, 0.25) is 0 Å². The number of nitrogens with one attached hydrogen (secondary N) is 1. The number of carbonyl (C=O) groups is 1. The van der Waals surface area contributed by atoms with Crippen LogP contribution in [0.4, 0.5) is 5.69 Å². The molecule has 0 saturated carbocycles. The van der Waals surface area contributed by atoms with Gasteiger partial charge in [0.05, 0.1) is 22.3 Å². The van der Waals surface area contributed by atoms with Crippen LogP contribution in [0.5, 0.6) is 0 Å². The van der Waals surface area contributed by atoms with Crippen LogP contribution in [0.1, 0.15) is 36.2 Å². The first-order valence-electron chi connectivity index (χ1n) is 10.1.